The zero-order valence-corrected chi connectivity index (χ0v) is 12.7. The van der Waals surface area contributed by atoms with Gasteiger partial charge in [-0.3, -0.25) is 10.1 Å². The van der Waals surface area contributed by atoms with Gasteiger partial charge in [-0.15, -0.1) is 10.2 Å². The van der Waals surface area contributed by atoms with E-state index in [4.69, 9.17) is 0 Å². The van der Waals surface area contributed by atoms with Crippen LogP contribution in [0.4, 0.5) is 9.93 Å². The molecule has 1 rings (SSSR count). The van der Waals surface area contributed by atoms with Crippen molar-refractivity contribution in [1.29, 1.82) is 0 Å². The minimum absolute atomic E-state index is 0.132. The van der Waals surface area contributed by atoms with Crippen LogP contribution in [0.2, 0.25) is 0 Å². The lowest BCUT2D eigenvalue weighted by atomic mass is 10.2. The summed E-state index contributed by atoms with van der Waals surface area (Å²) in [6.07, 6.45) is 0. The van der Waals surface area contributed by atoms with Crippen LogP contribution in [0, 0.1) is 5.92 Å². The van der Waals surface area contributed by atoms with Crippen molar-refractivity contribution in [2.75, 3.05) is 24.7 Å². The van der Waals surface area contributed by atoms with Gasteiger partial charge in [-0.1, -0.05) is 36.9 Å². The number of hydrogen-bond donors (Lipinski definition) is 3. The first-order valence-electron chi connectivity index (χ1n) is 5.73. The maximum atomic E-state index is 11.5. The molecule has 0 spiro atoms. The Morgan fingerprint density at radius 1 is 1.37 bits per heavy atom. The second kappa shape index (κ2) is 7.95. The molecule has 106 valence electrons. The summed E-state index contributed by atoms with van der Waals surface area (Å²) in [5.74, 6) is 0.122. The summed E-state index contributed by atoms with van der Waals surface area (Å²) in [6.45, 7) is 4.49. The molecule has 0 aliphatic carbocycles. The van der Waals surface area contributed by atoms with Crippen LogP contribution in [0.25, 0.3) is 0 Å². The summed E-state index contributed by atoms with van der Waals surface area (Å²) in [5.41, 5.74) is 0. The van der Waals surface area contributed by atoms with Gasteiger partial charge in [-0.05, 0) is 5.92 Å². The molecule has 1 heterocycles. The Labute approximate surface area is 119 Å². The SMILES string of the molecule is CNc1nnc(SCC(=O)NC(=O)NCC(C)C)s1. The molecule has 1 aromatic heterocycles. The topological polar surface area (TPSA) is 96.0 Å². The van der Waals surface area contributed by atoms with Crippen molar-refractivity contribution in [3.05, 3.63) is 0 Å². The van der Waals surface area contributed by atoms with Gasteiger partial charge in [0.25, 0.3) is 0 Å². The summed E-state index contributed by atoms with van der Waals surface area (Å²) in [4.78, 5) is 22.8. The molecule has 3 amide bonds. The zero-order valence-electron chi connectivity index (χ0n) is 11.0. The quantitative estimate of drug-likeness (QED) is 0.682. The molecule has 0 saturated heterocycles. The van der Waals surface area contributed by atoms with Crippen LogP contribution in [0.5, 0.6) is 0 Å². The van der Waals surface area contributed by atoms with Crippen LogP contribution in [0.15, 0.2) is 4.34 Å². The number of hydrogen-bond acceptors (Lipinski definition) is 7. The van der Waals surface area contributed by atoms with E-state index >= 15 is 0 Å². The Hall–Kier alpha value is -1.35. The zero-order chi connectivity index (χ0) is 14.3. The summed E-state index contributed by atoms with van der Waals surface area (Å²) in [5, 5.41) is 16.2. The summed E-state index contributed by atoms with van der Waals surface area (Å²) >= 11 is 2.60. The lowest BCUT2D eigenvalue weighted by Crippen LogP contribution is -2.41. The molecular weight excluding hydrogens is 286 g/mol. The van der Waals surface area contributed by atoms with Gasteiger partial charge in [-0.25, -0.2) is 4.79 Å². The van der Waals surface area contributed by atoms with E-state index < -0.39 is 6.03 Å². The fourth-order valence-corrected chi connectivity index (χ4v) is 2.51. The number of thioether (sulfide) groups is 1. The largest absolute Gasteiger partial charge is 0.363 e. The highest BCUT2D eigenvalue weighted by Gasteiger charge is 2.10. The number of carbonyl (C=O) groups excluding carboxylic acids is 2. The smallest absolute Gasteiger partial charge is 0.321 e. The molecule has 0 fully saturated rings. The first-order chi connectivity index (χ1) is 9.01. The lowest BCUT2D eigenvalue weighted by molar-refractivity contribution is -0.117. The van der Waals surface area contributed by atoms with Gasteiger partial charge in [0.15, 0.2) is 4.34 Å². The highest BCUT2D eigenvalue weighted by atomic mass is 32.2. The van der Waals surface area contributed by atoms with E-state index in [1.54, 1.807) is 7.05 Å². The van der Waals surface area contributed by atoms with Crippen molar-refractivity contribution in [2.24, 2.45) is 5.92 Å². The van der Waals surface area contributed by atoms with Crippen molar-refractivity contribution >= 4 is 40.2 Å². The molecule has 0 unspecified atom stereocenters. The Bertz CT molecular complexity index is 435. The van der Waals surface area contributed by atoms with Gasteiger partial charge in [0.05, 0.1) is 5.75 Å². The van der Waals surface area contributed by atoms with Crippen molar-refractivity contribution in [3.8, 4) is 0 Å². The van der Waals surface area contributed by atoms with E-state index in [0.29, 0.717) is 21.9 Å². The molecule has 0 atom stereocenters. The lowest BCUT2D eigenvalue weighted by Gasteiger charge is -2.07. The average molecular weight is 303 g/mol. The first-order valence-corrected chi connectivity index (χ1v) is 7.53. The van der Waals surface area contributed by atoms with Crippen molar-refractivity contribution in [2.45, 2.75) is 18.2 Å². The first kappa shape index (κ1) is 15.7. The van der Waals surface area contributed by atoms with Crippen LogP contribution in [-0.4, -0.2) is 41.5 Å². The summed E-state index contributed by atoms with van der Waals surface area (Å²) < 4.78 is 0.682. The second-order valence-corrected chi connectivity index (χ2v) is 6.26. The monoisotopic (exact) mass is 303 g/mol. The Kier molecular flexibility index (Phi) is 6.57. The molecule has 1 aromatic rings. The number of urea groups is 1. The molecular formula is C10H17N5O2S2. The molecule has 3 N–H and O–H groups in total. The highest BCUT2D eigenvalue weighted by molar-refractivity contribution is 8.01. The maximum Gasteiger partial charge on any atom is 0.321 e. The predicted molar refractivity (Wildman–Crippen MR) is 76.6 cm³/mol. The van der Waals surface area contributed by atoms with Crippen molar-refractivity contribution in [1.82, 2.24) is 20.8 Å². The average Bonchev–Trinajstić information content (AvgIpc) is 2.82. The van der Waals surface area contributed by atoms with E-state index in [9.17, 15) is 9.59 Å². The highest BCUT2D eigenvalue weighted by Crippen LogP contribution is 2.24. The Balaban J connectivity index is 2.25. The molecule has 19 heavy (non-hydrogen) atoms. The van der Waals surface area contributed by atoms with E-state index in [0.717, 1.165) is 0 Å². The molecule has 0 bridgehead atoms. The van der Waals surface area contributed by atoms with Gasteiger partial charge in [0.2, 0.25) is 11.0 Å². The summed E-state index contributed by atoms with van der Waals surface area (Å²) in [7, 11) is 1.75. The number of amides is 3. The van der Waals surface area contributed by atoms with Gasteiger partial charge in [-0.2, -0.15) is 0 Å². The molecule has 0 radical (unpaired) electrons. The maximum absolute atomic E-state index is 11.5. The van der Waals surface area contributed by atoms with Crippen LogP contribution < -0.4 is 16.0 Å². The summed E-state index contributed by atoms with van der Waals surface area (Å²) in [6, 6.07) is -0.465. The number of nitrogens with one attached hydrogen (secondary N) is 3. The van der Waals surface area contributed by atoms with Crippen LogP contribution in [0.3, 0.4) is 0 Å². The van der Waals surface area contributed by atoms with Gasteiger partial charge < -0.3 is 10.6 Å². The van der Waals surface area contributed by atoms with Gasteiger partial charge >= 0.3 is 6.03 Å². The predicted octanol–water partition coefficient (Wildman–Crippen LogP) is 1.15. The minimum Gasteiger partial charge on any atom is -0.363 e. The van der Waals surface area contributed by atoms with Crippen LogP contribution in [0.1, 0.15) is 13.8 Å². The number of aromatic nitrogens is 2. The van der Waals surface area contributed by atoms with Gasteiger partial charge in [0.1, 0.15) is 0 Å². The van der Waals surface area contributed by atoms with Crippen LogP contribution in [-0.2, 0) is 4.79 Å². The molecule has 0 aliphatic heterocycles. The van der Waals surface area contributed by atoms with E-state index in [1.165, 1.54) is 23.1 Å². The third-order valence-corrected chi connectivity index (χ3v) is 3.94. The Morgan fingerprint density at radius 2 is 2.11 bits per heavy atom. The van der Waals surface area contributed by atoms with E-state index in [2.05, 4.69) is 26.1 Å². The van der Waals surface area contributed by atoms with E-state index in [-0.39, 0.29) is 11.7 Å². The standard InChI is InChI=1S/C10H17N5O2S2/c1-6(2)4-12-8(17)13-7(16)5-18-10-15-14-9(11-3)19-10/h6H,4-5H2,1-3H3,(H,11,14)(H2,12,13,16,17). The minimum atomic E-state index is -0.465. The molecule has 7 nitrogen and oxygen atoms in total. The molecule has 9 heteroatoms. The van der Waals surface area contributed by atoms with E-state index in [1.807, 2.05) is 13.8 Å². The number of anilines is 1. The van der Waals surface area contributed by atoms with Gasteiger partial charge in [0, 0.05) is 13.6 Å². The third kappa shape index (κ3) is 6.39. The van der Waals surface area contributed by atoms with Crippen molar-refractivity contribution < 1.29 is 9.59 Å². The Morgan fingerprint density at radius 3 is 2.68 bits per heavy atom. The molecule has 0 saturated carbocycles. The molecule has 0 aliphatic rings. The number of imide groups is 1. The number of carbonyl (C=O) groups is 2. The third-order valence-electron chi connectivity index (χ3n) is 1.87. The van der Waals surface area contributed by atoms with Crippen LogP contribution >= 0.6 is 23.1 Å². The number of nitrogens with zero attached hydrogens (tertiary/aromatic N) is 2. The molecule has 0 aromatic carbocycles. The normalized spacial score (nSPS) is 10.3. The fraction of sp³-hybridized carbons (Fsp3) is 0.600. The number of rotatable bonds is 6. The second-order valence-electron chi connectivity index (χ2n) is 4.06. The van der Waals surface area contributed by atoms with Crippen molar-refractivity contribution in [3.63, 3.8) is 0 Å². The fourth-order valence-electron chi connectivity index (χ4n) is 1.00.